The van der Waals surface area contributed by atoms with Crippen molar-refractivity contribution in [1.82, 2.24) is 0 Å². The van der Waals surface area contributed by atoms with Crippen LogP contribution in [0.3, 0.4) is 0 Å². The van der Waals surface area contributed by atoms with Crippen molar-refractivity contribution in [3.05, 3.63) is 24.8 Å². The molecule has 300 valence electrons. The lowest BCUT2D eigenvalue weighted by atomic mass is 10.0. The fourth-order valence-corrected chi connectivity index (χ4v) is 6.61. The van der Waals surface area contributed by atoms with Crippen molar-refractivity contribution in [2.75, 3.05) is 26.4 Å². The number of ether oxygens (including phenoxy) is 2. The van der Waals surface area contributed by atoms with Crippen LogP contribution in [0.5, 0.6) is 0 Å². The Morgan fingerprint density at radius 3 is 1.55 bits per heavy atom. The average molecular weight is 744 g/mol. The van der Waals surface area contributed by atoms with Crippen molar-refractivity contribution in [2.45, 2.75) is 199 Å². The number of hydrogen-bond donors (Lipinski definition) is 2. The molecule has 0 radical (unpaired) electrons. The van der Waals surface area contributed by atoms with E-state index in [0.29, 0.717) is 6.42 Å². The zero-order chi connectivity index (χ0) is 37.5. The summed E-state index contributed by atoms with van der Waals surface area (Å²) in [5.74, 6) is -0.845. The molecule has 0 aromatic carbocycles. The van der Waals surface area contributed by atoms with Gasteiger partial charge in [0, 0.05) is 19.4 Å². The maximum Gasteiger partial charge on any atom is 0.472 e. The number of allylic oxidation sites excluding steroid dienone is 3. The highest BCUT2D eigenvalue weighted by Crippen LogP contribution is 2.43. The van der Waals surface area contributed by atoms with Crippen LogP contribution in [0.15, 0.2) is 24.8 Å². The Kier molecular flexibility index (Phi) is 37.1. The van der Waals surface area contributed by atoms with Crippen molar-refractivity contribution in [3.8, 4) is 0 Å². The van der Waals surface area contributed by atoms with Crippen molar-refractivity contribution in [3.63, 3.8) is 0 Å². The molecule has 0 spiro atoms. The summed E-state index contributed by atoms with van der Waals surface area (Å²) in [5.41, 5.74) is 5.34. The summed E-state index contributed by atoms with van der Waals surface area (Å²) in [6, 6.07) is 0. The van der Waals surface area contributed by atoms with Crippen LogP contribution in [0.1, 0.15) is 193 Å². The molecule has 10 heteroatoms. The summed E-state index contributed by atoms with van der Waals surface area (Å²) in [7, 11) is -4.37. The van der Waals surface area contributed by atoms with Crippen LogP contribution in [0.25, 0.3) is 0 Å². The Balaban J connectivity index is 4.17. The second kappa shape index (κ2) is 38.2. The molecule has 0 rings (SSSR count). The Labute approximate surface area is 312 Å². The Hall–Kier alpha value is -1.51. The molecule has 0 saturated carbocycles. The van der Waals surface area contributed by atoms with Gasteiger partial charge in [-0.25, -0.2) is 4.57 Å². The molecule has 0 aliphatic heterocycles. The summed E-state index contributed by atoms with van der Waals surface area (Å²) >= 11 is 0. The van der Waals surface area contributed by atoms with Gasteiger partial charge in [-0.1, -0.05) is 147 Å². The Morgan fingerprint density at radius 2 is 1.06 bits per heavy atom. The van der Waals surface area contributed by atoms with E-state index in [4.69, 9.17) is 24.3 Å². The van der Waals surface area contributed by atoms with E-state index in [0.717, 1.165) is 51.4 Å². The first-order valence-electron chi connectivity index (χ1n) is 20.8. The van der Waals surface area contributed by atoms with Gasteiger partial charge in [-0.15, -0.1) is 6.58 Å². The minimum Gasteiger partial charge on any atom is -0.462 e. The van der Waals surface area contributed by atoms with Crippen LogP contribution >= 0.6 is 7.82 Å². The highest BCUT2D eigenvalue weighted by molar-refractivity contribution is 7.47. The molecule has 0 aliphatic carbocycles. The minimum absolute atomic E-state index is 0.0517. The number of nitrogens with two attached hydrogens (primary N) is 1. The topological polar surface area (TPSA) is 134 Å². The molecule has 0 heterocycles. The number of esters is 2. The van der Waals surface area contributed by atoms with Crippen molar-refractivity contribution < 1.29 is 37.6 Å². The van der Waals surface area contributed by atoms with Crippen molar-refractivity contribution >= 4 is 19.8 Å². The molecule has 51 heavy (non-hydrogen) atoms. The number of hydrogen-bond acceptors (Lipinski definition) is 8. The lowest BCUT2D eigenvalue weighted by molar-refractivity contribution is -0.161. The van der Waals surface area contributed by atoms with Gasteiger partial charge < -0.3 is 20.1 Å². The smallest absolute Gasteiger partial charge is 0.462 e. The van der Waals surface area contributed by atoms with E-state index in [1.54, 1.807) is 0 Å². The van der Waals surface area contributed by atoms with Crippen LogP contribution in [-0.2, 0) is 32.7 Å². The molecule has 0 amide bonds. The fourth-order valence-electron chi connectivity index (χ4n) is 5.84. The van der Waals surface area contributed by atoms with Gasteiger partial charge in [0.2, 0.25) is 0 Å². The zero-order valence-electron chi connectivity index (χ0n) is 32.7. The van der Waals surface area contributed by atoms with Crippen LogP contribution < -0.4 is 5.73 Å². The second-order valence-electron chi connectivity index (χ2n) is 13.9. The minimum atomic E-state index is -4.37. The standard InChI is InChI=1S/C41H78NO8P/c1-3-5-7-9-11-13-15-17-19-21-23-25-27-29-31-33-40(43)47-37-39(38-49-51(45,46)48-36-35-42)50-41(44)34-32-30-28-26-24-22-20-18-16-14-12-10-8-6-4-2/h3,22,24,39H,1,4-21,23,25-38,42H2,2H3,(H,45,46)/b24-22+/t39-/m1/s1. The number of carbonyl (C=O) groups is 2. The first-order chi connectivity index (χ1) is 24.8. The van der Waals surface area contributed by atoms with Gasteiger partial charge in [0.25, 0.3) is 0 Å². The van der Waals surface area contributed by atoms with Gasteiger partial charge in [0.1, 0.15) is 6.61 Å². The molecule has 0 saturated heterocycles. The summed E-state index contributed by atoms with van der Waals surface area (Å²) in [6.07, 6.45) is 38.1. The van der Waals surface area contributed by atoms with E-state index in [9.17, 15) is 19.0 Å². The Morgan fingerprint density at radius 1 is 0.627 bits per heavy atom. The van der Waals surface area contributed by atoms with Gasteiger partial charge in [-0.2, -0.15) is 0 Å². The molecule has 2 atom stereocenters. The molecular formula is C41H78NO8P. The lowest BCUT2D eigenvalue weighted by Crippen LogP contribution is -2.29. The lowest BCUT2D eigenvalue weighted by Gasteiger charge is -2.19. The first-order valence-corrected chi connectivity index (χ1v) is 22.3. The predicted molar refractivity (Wildman–Crippen MR) is 211 cm³/mol. The van der Waals surface area contributed by atoms with Crippen molar-refractivity contribution in [2.24, 2.45) is 5.73 Å². The monoisotopic (exact) mass is 744 g/mol. The predicted octanol–water partition coefficient (Wildman–Crippen LogP) is 11.6. The van der Waals surface area contributed by atoms with Gasteiger partial charge in [0.15, 0.2) is 6.10 Å². The maximum atomic E-state index is 12.5. The average Bonchev–Trinajstić information content (AvgIpc) is 3.11. The molecule has 0 aromatic rings. The summed E-state index contributed by atoms with van der Waals surface area (Å²) in [4.78, 5) is 34.8. The molecule has 0 fully saturated rings. The molecule has 1 unspecified atom stereocenters. The third-order valence-corrected chi connectivity index (χ3v) is 9.94. The molecular weight excluding hydrogens is 665 g/mol. The van der Waals surface area contributed by atoms with E-state index in [1.165, 1.54) is 116 Å². The van der Waals surface area contributed by atoms with E-state index < -0.39 is 26.5 Å². The quantitative estimate of drug-likeness (QED) is 0.0272. The molecule has 0 bridgehead atoms. The van der Waals surface area contributed by atoms with E-state index in [-0.39, 0.29) is 38.6 Å². The second-order valence-corrected chi connectivity index (χ2v) is 15.4. The van der Waals surface area contributed by atoms with Crippen LogP contribution in [0, 0.1) is 0 Å². The normalized spacial score (nSPS) is 13.3. The van der Waals surface area contributed by atoms with E-state index >= 15 is 0 Å². The van der Waals surface area contributed by atoms with Crippen LogP contribution in [0.4, 0.5) is 0 Å². The fraction of sp³-hybridized carbons (Fsp3) is 0.854. The highest BCUT2D eigenvalue weighted by atomic mass is 31.2. The number of phosphoric acid groups is 1. The molecule has 0 aliphatic rings. The highest BCUT2D eigenvalue weighted by Gasteiger charge is 2.26. The SMILES string of the molecule is C=CCCCCCCCCCCCCCCCC(=O)OC[C@H](COP(=O)(O)OCCN)OC(=O)CCCCC/C=C/CCCCCCCCCC. The third-order valence-electron chi connectivity index (χ3n) is 8.96. The first kappa shape index (κ1) is 49.5. The summed E-state index contributed by atoms with van der Waals surface area (Å²) in [6.45, 7) is 5.24. The molecule has 0 aromatic heterocycles. The number of carbonyl (C=O) groups excluding carboxylic acids is 2. The zero-order valence-corrected chi connectivity index (χ0v) is 33.6. The van der Waals surface area contributed by atoms with Crippen LogP contribution in [0.2, 0.25) is 0 Å². The van der Waals surface area contributed by atoms with Gasteiger partial charge >= 0.3 is 19.8 Å². The Bertz CT molecular complexity index is 884. The largest absolute Gasteiger partial charge is 0.472 e. The molecule has 9 nitrogen and oxygen atoms in total. The molecule has 3 N–H and O–H groups in total. The summed E-state index contributed by atoms with van der Waals surface area (Å²) < 4.78 is 32.7. The maximum absolute atomic E-state index is 12.5. The van der Waals surface area contributed by atoms with Gasteiger partial charge in [-0.3, -0.25) is 18.6 Å². The van der Waals surface area contributed by atoms with Crippen LogP contribution in [-0.4, -0.2) is 49.3 Å². The number of unbranched alkanes of at least 4 members (excludes halogenated alkanes) is 24. The van der Waals surface area contributed by atoms with Crippen molar-refractivity contribution in [1.29, 1.82) is 0 Å². The number of rotatable bonds is 40. The third kappa shape index (κ3) is 38.0. The van der Waals surface area contributed by atoms with E-state index in [2.05, 4.69) is 25.7 Å². The van der Waals surface area contributed by atoms with E-state index in [1.807, 2.05) is 6.08 Å². The van der Waals surface area contributed by atoms with Gasteiger partial charge in [-0.05, 0) is 51.4 Å². The number of phosphoric ester groups is 1. The van der Waals surface area contributed by atoms with Gasteiger partial charge in [0.05, 0.1) is 13.2 Å². The summed E-state index contributed by atoms with van der Waals surface area (Å²) in [5, 5.41) is 0.